The average molecular weight is 330 g/mol. The Balaban J connectivity index is 1.83. The van der Waals surface area contributed by atoms with Crippen molar-refractivity contribution in [3.05, 3.63) is 29.8 Å². The maximum atomic E-state index is 12.5. The number of rotatable bonds is 6. The molecule has 1 aromatic rings. The van der Waals surface area contributed by atoms with E-state index in [0.29, 0.717) is 5.92 Å². The summed E-state index contributed by atoms with van der Waals surface area (Å²) in [6, 6.07) is 7.95. The lowest BCUT2D eigenvalue weighted by Gasteiger charge is -2.27. The number of carbonyl (C=O) groups is 2. The maximum Gasteiger partial charge on any atom is 0.227 e. The predicted molar refractivity (Wildman–Crippen MR) is 97.7 cm³/mol. The van der Waals surface area contributed by atoms with E-state index in [0.717, 1.165) is 49.9 Å². The van der Waals surface area contributed by atoms with Crippen LogP contribution in [0, 0.1) is 17.8 Å². The molecular weight excluding hydrogens is 300 g/mol. The van der Waals surface area contributed by atoms with Gasteiger partial charge in [0, 0.05) is 24.1 Å². The van der Waals surface area contributed by atoms with Crippen molar-refractivity contribution in [1.29, 1.82) is 0 Å². The van der Waals surface area contributed by atoms with Crippen molar-refractivity contribution in [3.8, 4) is 0 Å². The third kappa shape index (κ3) is 5.08. The van der Waals surface area contributed by atoms with Crippen LogP contribution in [0.25, 0.3) is 0 Å². The number of nitrogens with one attached hydrogen (secondary N) is 2. The largest absolute Gasteiger partial charge is 0.356 e. The second kappa shape index (κ2) is 8.86. The Morgan fingerprint density at radius 3 is 2.21 bits per heavy atom. The zero-order valence-electron chi connectivity index (χ0n) is 15.1. The lowest BCUT2D eigenvalue weighted by Crippen LogP contribution is -2.37. The highest BCUT2D eigenvalue weighted by Gasteiger charge is 2.30. The van der Waals surface area contributed by atoms with Gasteiger partial charge in [-0.3, -0.25) is 9.59 Å². The highest BCUT2D eigenvalue weighted by molar-refractivity contribution is 5.93. The lowest BCUT2D eigenvalue weighted by molar-refractivity contribution is -0.128. The standard InChI is InChI=1S/C20H30N2O2/c1-4-15-7-5-6-8-18(15)22-20(24)17-11-9-16(10-12-17)19(23)21-13-14(2)3/h5-8,14,16-17H,4,9-13H2,1-3H3,(H,21,23)(H,22,24). The highest BCUT2D eigenvalue weighted by Crippen LogP contribution is 2.30. The molecule has 0 aliphatic heterocycles. The fraction of sp³-hybridized carbons (Fsp3) is 0.600. The van der Waals surface area contributed by atoms with E-state index in [1.165, 1.54) is 0 Å². The normalized spacial score (nSPS) is 20.7. The molecule has 2 rings (SSSR count). The van der Waals surface area contributed by atoms with Gasteiger partial charge in [-0.15, -0.1) is 0 Å². The fourth-order valence-corrected chi connectivity index (χ4v) is 3.25. The minimum absolute atomic E-state index is 0.0176. The molecule has 4 heteroatoms. The Labute approximate surface area is 145 Å². The van der Waals surface area contributed by atoms with Crippen LogP contribution < -0.4 is 10.6 Å². The smallest absolute Gasteiger partial charge is 0.227 e. The zero-order chi connectivity index (χ0) is 17.5. The van der Waals surface area contributed by atoms with Gasteiger partial charge in [0.05, 0.1) is 0 Å². The molecule has 2 amide bonds. The summed E-state index contributed by atoms with van der Waals surface area (Å²) in [6.45, 7) is 7.00. The molecule has 0 atom stereocenters. The number of hydrogen-bond acceptors (Lipinski definition) is 2. The van der Waals surface area contributed by atoms with Crippen LogP contribution in [-0.2, 0) is 16.0 Å². The van der Waals surface area contributed by atoms with Crippen LogP contribution in [0.15, 0.2) is 24.3 Å². The van der Waals surface area contributed by atoms with Crippen LogP contribution in [-0.4, -0.2) is 18.4 Å². The molecular formula is C20H30N2O2. The number of anilines is 1. The number of benzene rings is 1. The first kappa shape index (κ1) is 18.5. The van der Waals surface area contributed by atoms with Crippen molar-refractivity contribution in [2.45, 2.75) is 52.9 Å². The van der Waals surface area contributed by atoms with Crippen LogP contribution in [0.5, 0.6) is 0 Å². The van der Waals surface area contributed by atoms with E-state index >= 15 is 0 Å². The number of aryl methyl sites for hydroxylation is 1. The van der Waals surface area contributed by atoms with E-state index < -0.39 is 0 Å². The van der Waals surface area contributed by atoms with Gasteiger partial charge in [0.25, 0.3) is 0 Å². The molecule has 1 fully saturated rings. The van der Waals surface area contributed by atoms with Crippen molar-refractivity contribution < 1.29 is 9.59 Å². The van der Waals surface area contributed by atoms with E-state index in [-0.39, 0.29) is 23.7 Å². The quantitative estimate of drug-likeness (QED) is 0.834. The van der Waals surface area contributed by atoms with E-state index in [2.05, 4.69) is 31.4 Å². The van der Waals surface area contributed by atoms with Gasteiger partial charge in [-0.2, -0.15) is 0 Å². The summed E-state index contributed by atoms with van der Waals surface area (Å²) in [7, 11) is 0. The summed E-state index contributed by atoms with van der Waals surface area (Å²) in [4.78, 5) is 24.7. The molecule has 0 heterocycles. The lowest BCUT2D eigenvalue weighted by atomic mass is 9.81. The van der Waals surface area contributed by atoms with E-state index in [1.807, 2.05) is 24.3 Å². The first-order valence-electron chi connectivity index (χ1n) is 9.17. The van der Waals surface area contributed by atoms with Gasteiger partial charge >= 0.3 is 0 Å². The Hall–Kier alpha value is -1.84. The molecule has 0 aromatic heterocycles. The first-order chi connectivity index (χ1) is 11.5. The van der Waals surface area contributed by atoms with E-state index in [1.54, 1.807) is 0 Å². The summed E-state index contributed by atoms with van der Waals surface area (Å²) in [6.07, 6.45) is 4.09. The number of hydrogen-bond donors (Lipinski definition) is 2. The Morgan fingerprint density at radius 2 is 1.62 bits per heavy atom. The molecule has 1 saturated carbocycles. The average Bonchev–Trinajstić information content (AvgIpc) is 2.60. The molecule has 2 N–H and O–H groups in total. The molecule has 0 spiro atoms. The van der Waals surface area contributed by atoms with Gasteiger partial charge in [0.15, 0.2) is 0 Å². The topological polar surface area (TPSA) is 58.2 Å². The first-order valence-corrected chi connectivity index (χ1v) is 9.17. The molecule has 132 valence electrons. The summed E-state index contributed by atoms with van der Waals surface area (Å²) >= 11 is 0. The van der Waals surface area contributed by atoms with Crippen molar-refractivity contribution in [1.82, 2.24) is 5.32 Å². The summed E-state index contributed by atoms with van der Waals surface area (Å²) < 4.78 is 0. The highest BCUT2D eigenvalue weighted by atomic mass is 16.2. The summed E-state index contributed by atoms with van der Waals surface area (Å²) in [5.74, 6) is 0.797. The van der Waals surface area contributed by atoms with E-state index in [4.69, 9.17) is 0 Å². The van der Waals surface area contributed by atoms with Crippen LogP contribution in [0.1, 0.15) is 52.0 Å². The van der Waals surface area contributed by atoms with Crippen molar-refractivity contribution in [2.75, 3.05) is 11.9 Å². The zero-order valence-corrected chi connectivity index (χ0v) is 15.1. The third-order valence-electron chi connectivity index (χ3n) is 4.81. The molecule has 1 aliphatic carbocycles. The van der Waals surface area contributed by atoms with Gasteiger partial charge in [-0.25, -0.2) is 0 Å². The fourth-order valence-electron chi connectivity index (χ4n) is 3.25. The Bertz CT molecular complexity index is 561. The molecule has 24 heavy (non-hydrogen) atoms. The predicted octanol–water partition coefficient (Wildman–Crippen LogP) is 3.77. The Morgan fingerprint density at radius 1 is 1.04 bits per heavy atom. The molecule has 4 nitrogen and oxygen atoms in total. The van der Waals surface area contributed by atoms with Crippen LogP contribution >= 0.6 is 0 Å². The number of para-hydroxylation sites is 1. The van der Waals surface area contributed by atoms with Gasteiger partial charge in [0.2, 0.25) is 11.8 Å². The van der Waals surface area contributed by atoms with Crippen LogP contribution in [0.4, 0.5) is 5.69 Å². The SMILES string of the molecule is CCc1ccccc1NC(=O)C1CCC(C(=O)NCC(C)C)CC1. The number of amides is 2. The van der Waals surface area contributed by atoms with E-state index in [9.17, 15) is 9.59 Å². The summed E-state index contributed by atoms with van der Waals surface area (Å²) in [5, 5.41) is 6.09. The molecule has 1 aliphatic rings. The minimum Gasteiger partial charge on any atom is -0.356 e. The number of carbonyl (C=O) groups excluding carboxylic acids is 2. The van der Waals surface area contributed by atoms with Crippen molar-refractivity contribution >= 4 is 17.5 Å². The molecule has 0 saturated heterocycles. The second-order valence-electron chi connectivity index (χ2n) is 7.19. The van der Waals surface area contributed by atoms with Gasteiger partial charge < -0.3 is 10.6 Å². The molecule has 0 radical (unpaired) electrons. The molecule has 0 bridgehead atoms. The van der Waals surface area contributed by atoms with Crippen LogP contribution in [0.3, 0.4) is 0 Å². The van der Waals surface area contributed by atoms with Gasteiger partial charge in [0.1, 0.15) is 0 Å². The van der Waals surface area contributed by atoms with Crippen LogP contribution in [0.2, 0.25) is 0 Å². The third-order valence-corrected chi connectivity index (χ3v) is 4.81. The minimum atomic E-state index is 0.0176. The van der Waals surface area contributed by atoms with Crippen molar-refractivity contribution in [3.63, 3.8) is 0 Å². The molecule has 0 unspecified atom stereocenters. The second-order valence-corrected chi connectivity index (χ2v) is 7.19. The van der Waals surface area contributed by atoms with Gasteiger partial charge in [-0.05, 0) is 49.7 Å². The molecule has 1 aromatic carbocycles. The van der Waals surface area contributed by atoms with Gasteiger partial charge in [-0.1, -0.05) is 39.0 Å². The monoisotopic (exact) mass is 330 g/mol. The maximum absolute atomic E-state index is 12.5. The summed E-state index contributed by atoms with van der Waals surface area (Å²) in [5.41, 5.74) is 2.08. The van der Waals surface area contributed by atoms with Crippen molar-refractivity contribution in [2.24, 2.45) is 17.8 Å². The Kier molecular flexibility index (Phi) is 6.83.